The third-order valence-corrected chi connectivity index (χ3v) is 5.80. The second kappa shape index (κ2) is 7.72. The van der Waals surface area contributed by atoms with E-state index < -0.39 is 12.2 Å². The van der Waals surface area contributed by atoms with Crippen LogP contribution in [0.4, 0.5) is 13.2 Å². The zero-order valence-corrected chi connectivity index (χ0v) is 17.3. The van der Waals surface area contributed by atoms with Gasteiger partial charge in [0.05, 0.1) is 12.6 Å². The molecular weight excluding hydrogens is 421 g/mol. The molecule has 1 aliphatic heterocycles. The van der Waals surface area contributed by atoms with Gasteiger partial charge in [0.1, 0.15) is 17.5 Å². The van der Waals surface area contributed by atoms with E-state index in [9.17, 15) is 13.2 Å². The number of likely N-dealkylation sites (tertiary alicyclic amines) is 1. The third-order valence-electron chi connectivity index (χ3n) is 5.80. The molecule has 1 fully saturated rings. The third kappa shape index (κ3) is 3.65. The number of benzene rings is 1. The van der Waals surface area contributed by atoms with Crippen molar-refractivity contribution in [2.45, 2.75) is 24.7 Å². The number of rotatable bonds is 4. The molecule has 0 aliphatic carbocycles. The smallest absolute Gasteiger partial charge is 0.408 e. The van der Waals surface area contributed by atoms with Crippen molar-refractivity contribution in [3.63, 3.8) is 0 Å². The van der Waals surface area contributed by atoms with Gasteiger partial charge >= 0.3 is 6.18 Å². The minimum absolute atomic E-state index is 0.114. The Kier molecular flexibility index (Phi) is 4.98. The molecule has 0 bridgehead atoms. The van der Waals surface area contributed by atoms with Crippen molar-refractivity contribution < 1.29 is 17.9 Å². The van der Waals surface area contributed by atoms with Crippen LogP contribution in [0.5, 0.6) is 5.75 Å². The second-order valence-electron chi connectivity index (χ2n) is 7.96. The van der Waals surface area contributed by atoms with Crippen LogP contribution in [0.25, 0.3) is 28.1 Å². The number of aromatic nitrogens is 4. The van der Waals surface area contributed by atoms with Crippen LogP contribution in [0.3, 0.4) is 0 Å². The number of methoxy groups -OCH3 is 1. The average molecular weight is 442 g/mol. The molecule has 0 spiro atoms. The molecule has 0 unspecified atom stereocenters. The highest BCUT2D eigenvalue weighted by molar-refractivity contribution is 5.82. The maximum absolute atomic E-state index is 14.0. The number of ether oxygens (including phenoxy) is 1. The predicted molar refractivity (Wildman–Crippen MR) is 113 cm³/mol. The molecule has 7 nitrogen and oxygen atoms in total. The molecule has 3 aromatic heterocycles. The van der Waals surface area contributed by atoms with E-state index >= 15 is 0 Å². The molecule has 0 amide bonds. The van der Waals surface area contributed by atoms with Gasteiger partial charge in [0, 0.05) is 36.8 Å². The zero-order chi connectivity index (χ0) is 22.5. The molecule has 5 rings (SSSR count). The van der Waals surface area contributed by atoms with Gasteiger partial charge in [-0.1, -0.05) is 12.1 Å². The van der Waals surface area contributed by atoms with E-state index in [1.165, 1.54) is 17.2 Å². The maximum atomic E-state index is 14.0. The SMILES string of the molecule is COc1ccc2ccc(-c3nnc4ccc([C@@H](N5CC[C@H](N)C5)C(F)(F)F)cn34)nc2c1. The van der Waals surface area contributed by atoms with Gasteiger partial charge in [0.15, 0.2) is 11.5 Å². The minimum Gasteiger partial charge on any atom is -0.497 e. The van der Waals surface area contributed by atoms with E-state index in [0.717, 1.165) is 5.39 Å². The molecule has 32 heavy (non-hydrogen) atoms. The largest absolute Gasteiger partial charge is 0.497 e. The number of alkyl halides is 3. The molecule has 2 N–H and O–H groups in total. The van der Waals surface area contributed by atoms with Gasteiger partial charge in [0.25, 0.3) is 0 Å². The molecule has 0 saturated carbocycles. The molecular formula is C22H21F3N6O. The van der Waals surface area contributed by atoms with Crippen molar-refractivity contribution in [2.75, 3.05) is 20.2 Å². The fraction of sp³-hybridized carbons (Fsp3) is 0.318. The Morgan fingerprint density at radius 2 is 1.94 bits per heavy atom. The van der Waals surface area contributed by atoms with Crippen LogP contribution < -0.4 is 10.5 Å². The van der Waals surface area contributed by atoms with E-state index in [4.69, 9.17) is 10.5 Å². The number of hydrogen-bond acceptors (Lipinski definition) is 6. The number of nitrogens with zero attached hydrogens (tertiary/aromatic N) is 5. The van der Waals surface area contributed by atoms with E-state index in [1.807, 2.05) is 18.2 Å². The van der Waals surface area contributed by atoms with Gasteiger partial charge in [-0.3, -0.25) is 9.30 Å². The number of fused-ring (bicyclic) bond motifs is 2. The van der Waals surface area contributed by atoms with Crippen molar-refractivity contribution in [2.24, 2.45) is 5.73 Å². The maximum Gasteiger partial charge on any atom is 0.408 e. The van der Waals surface area contributed by atoms with Gasteiger partial charge in [-0.05, 0) is 36.2 Å². The lowest BCUT2D eigenvalue weighted by molar-refractivity contribution is -0.183. The molecule has 1 aliphatic rings. The standard InChI is InChI=1S/C22H21F3N6O/c1-32-16-5-2-13-3-6-17(27-18(13)10-16)21-29-28-19-7-4-14(11-31(19)21)20(22(23,24)25)30-9-8-15(26)12-30/h2-7,10-11,15,20H,8-9,12,26H2,1H3/t15-,20+/m0/s1. The fourth-order valence-electron chi connectivity index (χ4n) is 4.25. The molecule has 166 valence electrons. The topological polar surface area (TPSA) is 81.6 Å². The molecule has 10 heteroatoms. The summed E-state index contributed by atoms with van der Waals surface area (Å²) in [5.74, 6) is 1.03. The first kappa shape index (κ1) is 20.7. The van der Waals surface area contributed by atoms with Crippen LogP contribution in [0.2, 0.25) is 0 Å². The van der Waals surface area contributed by atoms with Crippen LogP contribution in [0.1, 0.15) is 18.0 Å². The number of nitrogens with two attached hydrogens (primary N) is 1. The van der Waals surface area contributed by atoms with Crippen molar-refractivity contribution >= 4 is 16.6 Å². The monoisotopic (exact) mass is 442 g/mol. The quantitative estimate of drug-likeness (QED) is 0.520. The predicted octanol–water partition coefficient (Wildman–Crippen LogP) is 3.59. The first-order valence-corrected chi connectivity index (χ1v) is 10.2. The lowest BCUT2D eigenvalue weighted by Gasteiger charge is -2.30. The van der Waals surface area contributed by atoms with Crippen LogP contribution in [-0.4, -0.2) is 56.9 Å². The van der Waals surface area contributed by atoms with Crippen molar-refractivity contribution in [3.05, 3.63) is 54.2 Å². The Morgan fingerprint density at radius 3 is 2.66 bits per heavy atom. The highest BCUT2D eigenvalue weighted by atomic mass is 19.4. The average Bonchev–Trinajstić information content (AvgIpc) is 3.38. The fourth-order valence-corrected chi connectivity index (χ4v) is 4.25. The molecule has 1 saturated heterocycles. The van der Waals surface area contributed by atoms with Gasteiger partial charge in [0.2, 0.25) is 0 Å². The van der Waals surface area contributed by atoms with Crippen molar-refractivity contribution in [1.29, 1.82) is 0 Å². The highest BCUT2D eigenvalue weighted by Gasteiger charge is 2.46. The lowest BCUT2D eigenvalue weighted by atomic mass is 10.1. The van der Waals surface area contributed by atoms with E-state index in [0.29, 0.717) is 41.4 Å². The summed E-state index contributed by atoms with van der Waals surface area (Å²) in [5, 5.41) is 9.21. The Balaban J connectivity index is 1.60. The molecule has 4 heterocycles. The summed E-state index contributed by atoms with van der Waals surface area (Å²) in [6.07, 6.45) is -2.45. The summed E-state index contributed by atoms with van der Waals surface area (Å²) in [4.78, 5) is 6.02. The normalized spacial score (nSPS) is 18.5. The van der Waals surface area contributed by atoms with Gasteiger partial charge < -0.3 is 10.5 Å². The van der Waals surface area contributed by atoms with Crippen molar-refractivity contribution in [1.82, 2.24) is 24.5 Å². The Hall–Kier alpha value is -3.24. The number of hydrogen-bond donors (Lipinski definition) is 1. The Labute approximate surface area is 181 Å². The first-order valence-electron chi connectivity index (χ1n) is 10.2. The number of halogens is 3. The zero-order valence-electron chi connectivity index (χ0n) is 17.3. The first-order chi connectivity index (χ1) is 15.3. The van der Waals surface area contributed by atoms with Crippen LogP contribution >= 0.6 is 0 Å². The molecule has 1 aromatic carbocycles. The lowest BCUT2D eigenvalue weighted by Crippen LogP contribution is -2.38. The molecule has 0 radical (unpaired) electrons. The molecule has 2 atom stereocenters. The summed E-state index contributed by atoms with van der Waals surface area (Å²) in [7, 11) is 1.57. The van der Waals surface area contributed by atoms with E-state index in [-0.39, 0.29) is 18.2 Å². The van der Waals surface area contributed by atoms with Gasteiger partial charge in [-0.15, -0.1) is 10.2 Å². The minimum atomic E-state index is -4.44. The molecule has 4 aromatic rings. The van der Waals surface area contributed by atoms with E-state index in [1.54, 1.807) is 29.7 Å². The van der Waals surface area contributed by atoms with Crippen LogP contribution in [-0.2, 0) is 0 Å². The van der Waals surface area contributed by atoms with Gasteiger partial charge in [-0.25, -0.2) is 4.98 Å². The Bertz CT molecular complexity index is 1290. The Morgan fingerprint density at radius 1 is 1.12 bits per heavy atom. The summed E-state index contributed by atoms with van der Waals surface area (Å²) in [5.41, 5.74) is 7.62. The number of pyridine rings is 2. The summed E-state index contributed by atoms with van der Waals surface area (Å²) in [6.45, 7) is 0.498. The summed E-state index contributed by atoms with van der Waals surface area (Å²) in [6, 6.07) is 10.2. The second-order valence-corrected chi connectivity index (χ2v) is 7.96. The van der Waals surface area contributed by atoms with Crippen molar-refractivity contribution in [3.8, 4) is 17.3 Å². The van der Waals surface area contributed by atoms with E-state index in [2.05, 4.69) is 15.2 Å². The van der Waals surface area contributed by atoms with Gasteiger partial charge in [-0.2, -0.15) is 13.2 Å². The summed E-state index contributed by atoms with van der Waals surface area (Å²) < 4.78 is 48.9. The van der Waals surface area contributed by atoms with Crippen LogP contribution in [0, 0.1) is 0 Å². The van der Waals surface area contributed by atoms with Crippen LogP contribution in [0.15, 0.2) is 48.7 Å². The summed E-state index contributed by atoms with van der Waals surface area (Å²) >= 11 is 0. The highest BCUT2D eigenvalue weighted by Crippen LogP contribution is 2.39.